The first-order valence-electron chi connectivity index (χ1n) is 4.26. The highest BCUT2D eigenvalue weighted by atomic mass is 16.5. The van der Waals surface area contributed by atoms with Gasteiger partial charge >= 0.3 is 6.03 Å². The number of carbonyl (C=O) groups is 1. The molecule has 74 valence electrons. The maximum absolute atomic E-state index is 11.4. The quantitative estimate of drug-likeness (QED) is 0.629. The second-order valence-electron chi connectivity index (χ2n) is 2.90. The summed E-state index contributed by atoms with van der Waals surface area (Å²) < 4.78 is 5.29. The number of fused-ring (bicyclic) bond motifs is 1. The van der Waals surface area contributed by atoms with Gasteiger partial charge in [0.2, 0.25) is 6.35 Å². The third-order valence-corrected chi connectivity index (χ3v) is 2.06. The van der Waals surface area contributed by atoms with E-state index < -0.39 is 6.35 Å². The van der Waals surface area contributed by atoms with E-state index in [2.05, 4.69) is 5.32 Å². The fourth-order valence-corrected chi connectivity index (χ4v) is 1.42. The zero-order valence-corrected chi connectivity index (χ0v) is 7.73. The van der Waals surface area contributed by atoms with Crippen LogP contribution in [0.3, 0.4) is 0 Å². The van der Waals surface area contributed by atoms with Gasteiger partial charge in [-0.25, -0.2) is 9.69 Å². The zero-order chi connectivity index (χ0) is 10.1. The standard InChI is InChI=1S/C9H11N3O2/c1-11-9(13)12-6-4-2-3-5-7(6)14-8(12)10/h2-5,8H,10H2,1H3,(H,11,13). The first-order valence-corrected chi connectivity index (χ1v) is 4.26. The molecule has 1 aliphatic rings. The van der Waals surface area contributed by atoms with E-state index >= 15 is 0 Å². The van der Waals surface area contributed by atoms with Crippen molar-refractivity contribution in [3.05, 3.63) is 24.3 Å². The average molecular weight is 193 g/mol. The molecule has 0 aromatic heterocycles. The predicted octanol–water partition coefficient (Wildman–Crippen LogP) is 0.467. The molecule has 0 spiro atoms. The van der Waals surface area contributed by atoms with Crippen LogP contribution in [0.25, 0.3) is 0 Å². The molecule has 14 heavy (non-hydrogen) atoms. The van der Waals surface area contributed by atoms with Crippen molar-refractivity contribution in [2.45, 2.75) is 6.35 Å². The van der Waals surface area contributed by atoms with Crippen LogP contribution in [-0.4, -0.2) is 19.4 Å². The van der Waals surface area contributed by atoms with Gasteiger partial charge in [0.25, 0.3) is 0 Å². The Balaban J connectivity index is 2.39. The number of benzene rings is 1. The predicted molar refractivity (Wildman–Crippen MR) is 52.0 cm³/mol. The van der Waals surface area contributed by atoms with Crippen LogP contribution >= 0.6 is 0 Å². The number of nitrogens with two attached hydrogens (primary N) is 1. The molecule has 0 aliphatic carbocycles. The first kappa shape index (κ1) is 8.83. The molecule has 5 nitrogen and oxygen atoms in total. The maximum Gasteiger partial charge on any atom is 0.325 e. The van der Waals surface area contributed by atoms with Gasteiger partial charge < -0.3 is 10.1 Å². The molecule has 1 aromatic rings. The Bertz CT molecular complexity index is 367. The highest BCUT2D eigenvalue weighted by molar-refractivity contribution is 5.94. The first-order chi connectivity index (χ1) is 6.74. The van der Waals surface area contributed by atoms with Gasteiger partial charge in [0.1, 0.15) is 5.75 Å². The Morgan fingerprint density at radius 3 is 3.00 bits per heavy atom. The summed E-state index contributed by atoms with van der Waals surface area (Å²) in [6.45, 7) is 0. The lowest BCUT2D eigenvalue weighted by Gasteiger charge is -2.18. The van der Waals surface area contributed by atoms with Gasteiger partial charge in [-0.3, -0.25) is 5.73 Å². The van der Waals surface area contributed by atoms with Crippen LogP contribution in [0.1, 0.15) is 0 Å². The third kappa shape index (κ3) is 1.18. The number of nitrogens with zero attached hydrogens (tertiary/aromatic N) is 1. The number of para-hydroxylation sites is 2. The van der Waals surface area contributed by atoms with E-state index in [-0.39, 0.29) is 6.03 Å². The van der Waals surface area contributed by atoms with Crippen molar-refractivity contribution < 1.29 is 9.53 Å². The maximum atomic E-state index is 11.4. The van der Waals surface area contributed by atoms with Gasteiger partial charge in [0.05, 0.1) is 5.69 Å². The van der Waals surface area contributed by atoms with Gasteiger partial charge in [-0.05, 0) is 12.1 Å². The summed E-state index contributed by atoms with van der Waals surface area (Å²) >= 11 is 0. The van der Waals surface area contributed by atoms with E-state index in [9.17, 15) is 4.79 Å². The van der Waals surface area contributed by atoms with Crippen LogP contribution in [0.2, 0.25) is 0 Å². The Morgan fingerprint density at radius 1 is 1.57 bits per heavy atom. The molecule has 1 aliphatic heterocycles. The highest BCUT2D eigenvalue weighted by Crippen LogP contribution is 2.34. The summed E-state index contributed by atoms with van der Waals surface area (Å²) in [7, 11) is 1.55. The fourth-order valence-electron chi connectivity index (χ4n) is 1.42. The van der Waals surface area contributed by atoms with Crippen molar-refractivity contribution in [2.24, 2.45) is 5.73 Å². The average Bonchev–Trinajstić information content (AvgIpc) is 2.53. The molecule has 1 aromatic carbocycles. The van der Waals surface area contributed by atoms with E-state index in [1.54, 1.807) is 19.2 Å². The van der Waals surface area contributed by atoms with E-state index in [1.807, 2.05) is 12.1 Å². The molecule has 1 atom stereocenters. The van der Waals surface area contributed by atoms with Crippen molar-refractivity contribution in [3.63, 3.8) is 0 Å². The molecular weight excluding hydrogens is 182 g/mol. The number of hydrogen-bond acceptors (Lipinski definition) is 3. The lowest BCUT2D eigenvalue weighted by molar-refractivity contribution is 0.214. The SMILES string of the molecule is CNC(=O)N1c2ccccc2OC1N. The number of hydrogen-bond donors (Lipinski definition) is 2. The number of amides is 2. The second kappa shape index (κ2) is 3.19. The van der Waals surface area contributed by atoms with Crippen LogP contribution in [-0.2, 0) is 0 Å². The lowest BCUT2D eigenvalue weighted by atomic mass is 10.3. The topological polar surface area (TPSA) is 67.6 Å². The van der Waals surface area contributed by atoms with Crippen LogP contribution < -0.4 is 20.7 Å². The Labute approximate surface area is 81.4 Å². The Kier molecular flexibility index (Phi) is 2.01. The van der Waals surface area contributed by atoms with E-state index in [0.717, 1.165) is 0 Å². The minimum Gasteiger partial charge on any atom is -0.455 e. The molecule has 3 N–H and O–H groups in total. The zero-order valence-electron chi connectivity index (χ0n) is 7.73. The van der Waals surface area contributed by atoms with Crippen LogP contribution in [0.5, 0.6) is 5.75 Å². The molecule has 2 amide bonds. The number of rotatable bonds is 0. The van der Waals surface area contributed by atoms with Gasteiger partial charge in [-0.15, -0.1) is 0 Å². The van der Waals surface area contributed by atoms with Gasteiger partial charge in [0.15, 0.2) is 0 Å². The summed E-state index contributed by atoms with van der Waals surface area (Å²) in [5.74, 6) is 0.628. The lowest BCUT2D eigenvalue weighted by Crippen LogP contribution is -2.49. The van der Waals surface area contributed by atoms with Gasteiger partial charge in [-0.2, -0.15) is 0 Å². The summed E-state index contributed by atoms with van der Waals surface area (Å²) in [6, 6.07) is 6.95. The molecule has 5 heteroatoms. The van der Waals surface area contributed by atoms with Crippen molar-refractivity contribution in [1.82, 2.24) is 5.32 Å². The Hall–Kier alpha value is -1.75. The summed E-state index contributed by atoms with van der Waals surface area (Å²) in [6.07, 6.45) is -0.743. The largest absolute Gasteiger partial charge is 0.455 e. The van der Waals surface area contributed by atoms with Crippen LogP contribution in [0.4, 0.5) is 10.5 Å². The monoisotopic (exact) mass is 193 g/mol. The molecular formula is C9H11N3O2. The number of ether oxygens (including phenoxy) is 1. The molecule has 1 unspecified atom stereocenters. The van der Waals surface area contributed by atoms with Crippen molar-refractivity contribution in [2.75, 3.05) is 11.9 Å². The number of urea groups is 1. The van der Waals surface area contributed by atoms with Crippen molar-refractivity contribution >= 4 is 11.7 Å². The third-order valence-electron chi connectivity index (χ3n) is 2.06. The molecule has 2 rings (SSSR count). The minimum absolute atomic E-state index is 0.276. The molecule has 0 saturated carbocycles. The number of nitrogens with one attached hydrogen (secondary N) is 1. The van der Waals surface area contributed by atoms with Crippen LogP contribution in [0.15, 0.2) is 24.3 Å². The summed E-state index contributed by atoms with van der Waals surface area (Å²) in [4.78, 5) is 12.8. The van der Waals surface area contributed by atoms with Crippen LogP contribution in [0, 0.1) is 0 Å². The number of anilines is 1. The normalized spacial score (nSPS) is 18.7. The highest BCUT2D eigenvalue weighted by Gasteiger charge is 2.32. The smallest absolute Gasteiger partial charge is 0.325 e. The van der Waals surface area contributed by atoms with E-state index in [0.29, 0.717) is 11.4 Å². The van der Waals surface area contributed by atoms with Crippen molar-refractivity contribution in [3.8, 4) is 5.75 Å². The summed E-state index contributed by atoms with van der Waals surface area (Å²) in [5.41, 5.74) is 6.34. The minimum atomic E-state index is -0.743. The number of carbonyl (C=O) groups excluding carboxylic acids is 1. The van der Waals surface area contributed by atoms with E-state index in [4.69, 9.17) is 10.5 Å². The second-order valence-corrected chi connectivity index (χ2v) is 2.90. The van der Waals surface area contributed by atoms with Crippen molar-refractivity contribution in [1.29, 1.82) is 0 Å². The molecule has 0 bridgehead atoms. The Morgan fingerprint density at radius 2 is 2.29 bits per heavy atom. The fraction of sp³-hybridized carbons (Fsp3) is 0.222. The van der Waals surface area contributed by atoms with Gasteiger partial charge in [0, 0.05) is 7.05 Å². The van der Waals surface area contributed by atoms with Gasteiger partial charge in [-0.1, -0.05) is 12.1 Å². The summed E-state index contributed by atoms with van der Waals surface area (Å²) in [5, 5.41) is 2.51. The molecule has 0 fully saturated rings. The molecule has 0 saturated heterocycles. The molecule has 0 radical (unpaired) electrons. The molecule has 1 heterocycles. The van der Waals surface area contributed by atoms with E-state index in [1.165, 1.54) is 4.90 Å².